The first kappa shape index (κ1) is 20.8. The van der Waals surface area contributed by atoms with Crippen LogP contribution in [0, 0.1) is 5.82 Å². The lowest BCUT2D eigenvalue weighted by Gasteiger charge is -2.12. The van der Waals surface area contributed by atoms with Crippen LogP contribution < -0.4 is 10.6 Å². The third-order valence-electron chi connectivity index (χ3n) is 3.88. The van der Waals surface area contributed by atoms with Gasteiger partial charge in [-0.05, 0) is 67.6 Å². The highest BCUT2D eigenvalue weighted by Crippen LogP contribution is 2.26. The molecule has 0 bridgehead atoms. The molecule has 1 unspecified atom stereocenters. The highest BCUT2D eigenvalue weighted by molar-refractivity contribution is 8.00. The van der Waals surface area contributed by atoms with Gasteiger partial charge in [0.05, 0.1) is 10.3 Å². The zero-order valence-corrected chi connectivity index (χ0v) is 16.9. The minimum absolute atomic E-state index is 0.182. The van der Waals surface area contributed by atoms with Crippen LogP contribution in [0.3, 0.4) is 0 Å². The minimum atomic E-state index is -0.395. The summed E-state index contributed by atoms with van der Waals surface area (Å²) in [7, 11) is 0. The number of hydrogen-bond acceptors (Lipinski definition) is 4. The van der Waals surface area contributed by atoms with Crippen molar-refractivity contribution in [3.8, 4) is 0 Å². The van der Waals surface area contributed by atoms with Gasteiger partial charge in [-0.25, -0.2) is 9.37 Å². The predicted octanol–water partition coefficient (Wildman–Crippen LogP) is 5.25. The number of pyridine rings is 1. The zero-order valence-electron chi connectivity index (χ0n) is 15.4. The van der Waals surface area contributed by atoms with Crippen molar-refractivity contribution in [2.24, 2.45) is 0 Å². The van der Waals surface area contributed by atoms with E-state index in [2.05, 4.69) is 15.6 Å². The number of carbonyl (C=O) groups excluding carboxylic acids is 2. The Morgan fingerprint density at radius 3 is 2.31 bits per heavy atom. The summed E-state index contributed by atoms with van der Waals surface area (Å²) >= 11 is 7.16. The number of rotatable bonds is 6. The molecule has 0 saturated carbocycles. The van der Waals surface area contributed by atoms with E-state index in [-0.39, 0.29) is 17.1 Å². The molecule has 5 nitrogen and oxygen atoms in total. The van der Waals surface area contributed by atoms with Crippen LogP contribution in [0.1, 0.15) is 17.3 Å². The molecular weight excluding hydrogens is 413 g/mol. The molecule has 0 fully saturated rings. The summed E-state index contributed by atoms with van der Waals surface area (Å²) < 4.78 is 12.9. The maximum absolute atomic E-state index is 12.9. The minimum Gasteiger partial charge on any atom is -0.322 e. The Balaban J connectivity index is 1.55. The Kier molecular flexibility index (Phi) is 6.85. The van der Waals surface area contributed by atoms with E-state index < -0.39 is 5.82 Å². The van der Waals surface area contributed by atoms with Gasteiger partial charge in [0.15, 0.2) is 0 Å². The van der Waals surface area contributed by atoms with E-state index in [9.17, 15) is 14.0 Å². The van der Waals surface area contributed by atoms with E-state index in [1.807, 2.05) is 12.1 Å². The fraction of sp³-hybridized carbons (Fsp3) is 0.0952. The Morgan fingerprint density at radius 2 is 1.69 bits per heavy atom. The molecule has 29 heavy (non-hydrogen) atoms. The summed E-state index contributed by atoms with van der Waals surface area (Å²) in [6.45, 7) is 1.79. The molecule has 1 heterocycles. The van der Waals surface area contributed by atoms with Crippen LogP contribution in [0.4, 0.5) is 15.9 Å². The number of benzene rings is 2. The number of nitrogens with zero attached hydrogens (tertiary/aromatic N) is 1. The quantitative estimate of drug-likeness (QED) is 0.525. The largest absolute Gasteiger partial charge is 0.322 e. The fourth-order valence-corrected chi connectivity index (χ4v) is 3.34. The van der Waals surface area contributed by atoms with E-state index in [1.54, 1.807) is 31.2 Å². The van der Waals surface area contributed by atoms with Gasteiger partial charge in [0.2, 0.25) is 5.91 Å². The number of anilines is 2. The van der Waals surface area contributed by atoms with Gasteiger partial charge in [0, 0.05) is 22.3 Å². The maximum atomic E-state index is 12.9. The molecule has 0 radical (unpaired) electrons. The molecule has 1 aromatic heterocycles. The summed E-state index contributed by atoms with van der Waals surface area (Å²) in [4.78, 5) is 29.4. The third-order valence-corrected chi connectivity index (χ3v) is 5.21. The van der Waals surface area contributed by atoms with Crippen molar-refractivity contribution >= 4 is 46.7 Å². The molecule has 0 saturated heterocycles. The van der Waals surface area contributed by atoms with Crippen LogP contribution >= 0.6 is 23.4 Å². The Hall–Kier alpha value is -2.90. The van der Waals surface area contributed by atoms with Gasteiger partial charge >= 0.3 is 0 Å². The Bertz CT molecular complexity index is 996. The normalized spacial score (nSPS) is 11.6. The number of amides is 2. The molecule has 1 atom stereocenters. The summed E-state index contributed by atoms with van der Waals surface area (Å²) in [6, 6.07) is 15.7. The number of hydrogen-bond donors (Lipinski definition) is 2. The van der Waals surface area contributed by atoms with Crippen molar-refractivity contribution in [3.63, 3.8) is 0 Å². The molecule has 0 aliphatic carbocycles. The second kappa shape index (κ2) is 9.54. The van der Waals surface area contributed by atoms with Gasteiger partial charge in [0.1, 0.15) is 11.6 Å². The molecule has 8 heteroatoms. The SMILES string of the molecule is CC(Sc1ccc(NC(=O)c2ccc(F)cc2)cc1)C(=O)Nc1ccc(Cl)cn1. The van der Waals surface area contributed by atoms with Crippen LogP contribution in [-0.2, 0) is 4.79 Å². The van der Waals surface area contributed by atoms with E-state index >= 15 is 0 Å². The van der Waals surface area contributed by atoms with Gasteiger partial charge in [-0.3, -0.25) is 9.59 Å². The van der Waals surface area contributed by atoms with Crippen LogP contribution in [0.2, 0.25) is 5.02 Å². The van der Waals surface area contributed by atoms with Crippen molar-refractivity contribution in [3.05, 3.63) is 83.3 Å². The van der Waals surface area contributed by atoms with Crippen molar-refractivity contribution in [2.75, 3.05) is 10.6 Å². The Morgan fingerprint density at radius 1 is 1.00 bits per heavy atom. The highest BCUT2D eigenvalue weighted by Gasteiger charge is 2.15. The molecule has 2 amide bonds. The number of thioether (sulfide) groups is 1. The topological polar surface area (TPSA) is 71.1 Å². The highest BCUT2D eigenvalue weighted by atomic mass is 35.5. The molecule has 148 valence electrons. The molecule has 0 aliphatic rings. The van der Waals surface area contributed by atoms with Crippen LogP contribution in [-0.4, -0.2) is 22.0 Å². The van der Waals surface area contributed by atoms with Crippen molar-refractivity contribution in [2.45, 2.75) is 17.1 Å². The number of aromatic nitrogens is 1. The van der Waals surface area contributed by atoms with Crippen molar-refractivity contribution in [1.29, 1.82) is 0 Å². The second-order valence-electron chi connectivity index (χ2n) is 6.10. The van der Waals surface area contributed by atoms with E-state index in [0.29, 0.717) is 22.1 Å². The maximum Gasteiger partial charge on any atom is 0.255 e. The van der Waals surface area contributed by atoms with Gasteiger partial charge in [-0.2, -0.15) is 0 Å². The van der Waals surface area contributed by atoms with Gasteiger partial charge in [-0.15, -0.1) is 11.8 Å². The average Bonchev–Trinajstić information content (AvgIpc) is 2.71. The van der Waals surface area contributed by atoms with E-state index in [0.717, 1.165) is 4.90 Å². The molecule has 2 aromatic carbocycles. The first-order chi connectivity index (χ1) is 13.9. The lowest BCUT2D eigenvalue weighted by atomic mass is 10.2. The molecule has 3 rings (SSSR count). The molecule has 2 N–H and O–H groups in total. The van der Waals surface area contributed by atoms with Gasteiger partial charge in [0.25, 0.3) is 5.91 Å². The smallest absolute Gasteiger partial charge is 0.255 e. The lowest BCUT2D eigenvalue weighted by Crippen LogP contribution is -2.22. The van der Waals surface area contributed by atoms with Crippen molar-refractivity contribution < 1.29 is 14.0 Å². The van der Waals surface area contributed by atoms with Crippen LogP contribution in [0.15, 0.2) is 71.8 Å². The molecular formula is C21H17ClFN3O2S. The predicted molar refractivity (Wildman–Crippen MR) is 114 cm³/mol. The summed E-state index contributed by atoms with van der Waals surface area (Å²) in [6.07, 6.45) is 1.47. The first-order valence-electron chi connectivity index (χ1n) is 8.67. The summed E-state index contributed by atoms with van der Waals surface area (Å²) in [5.74, 6) is -0.467. The third kappa shape index (κ3) is 6.04. The average molecular weight is 430 g/mol. The first-order valence-corrected chi connectivity index (χ1v) is 9.92. The summed E-state index contributed by atoms with van der Waals surface area (Å²) in [5, 5.41) is 5.63. The van der Waals surface area contributed by atoms with Crippen molar-refractivity contribution in [1.82, 2.24) is 4.98 Å². The van der Waals surface area contributed by atoms with E-state index in [4.69, 9.17) is 11.6 Å². The number of nitrogens with one attached hydrogen (secondary N) is 2. The van der Waals surface area contributed by atoms with Crippen LogP contribution in [0.5, 0.6) is 0 Å². The monoisotopic (exact) mass is 429 g/mol. The lowest BCUT2D eigenvalue weighted by molar-refractivity contribution is -0.115. The van der Waals surface area contributed by atoms with E-state index in [1.165, 1.54) is 42.2 Å². The van der Waals surface area contributed by atoms with Gasteiger partial charge < -0.3 is 10.6 Å². The number of carbonyl (C=O) groups is 2. The standard InChI is InChI=1S/C21H17ClFN3O2S/c1-13(20(27)26-19-11-4-15(22)12-24-19)29-18-9-7-17(8-10-18)25-21(28)14-2-5-16(23)6-3-14/h2-13H,1H3,(H,25,28)(H,24,26,27). The number of halogens is 2. The second-order valence-corrected chi connectivity index (χ2v) is 7.95. The fourth-order valence-electron chi connectivity index (χ4n) is 2.36. The molecule has 3 aromatic rings. The summed E-state index contributed by atoms with van der Waals surface area (Å²) in [5.41, 5.74) is 0.970. The Labute approximate surface area is 176 Å². The molecule has 0 aliphatic heterocycles. The molecule has 0 spiro atoms. The zero-order chi connectivity index (χ0) is 20.8. The van der Waals surface area contributed by atoms with Crippen LogP contribution in [0.25, 0.3) is 0 Å². The van der Waals surface area contributed by atoms with Gasteiger partial charge in [-0.1, -0.05) is 11.6 Å².